The van der Waals surface area contributed by atoms with Crippen molar-refractivity contribution in [2.75, 3.05) is 26.2 Å². The van der Waals surface area contributed by atoms with Gasteiger partial charge in [-0.3, -0.25) is 9.59 Å². The Kier molecular flexibility index (Phi) is 5.97. The molecule has 0 bridgehead atoms. The lowest BCUT2D eigenvalue weighted by molar-refractivity contribution is -0.132. The predicted octanol–water partition coefficient (Wildman–Crippen LogP) is 0.100. The number of rotatable bonds is 6. The van der Waals surface area contributed by atoms with Gasteiger partial charge in [-0.1, -0.05) is 6.92 Å². The summed E-state index contributed by atoms with van der Waals surface area (Å²) in [6, 6.07) is 0. The second kappa shape index (κ2) is 7.27. The summed E-state index contributed by atoms with van der Waals surface area (Å²) in [5.74, 6) is 0.343. The first-order valence-corrected chi connectivity index (χ1v) is 6.40. The molecule has 1 rings (SSSR count). The van der Waals surface area contributed by atoms with Crippen LogP contribution in [0.15, 0.2) is 0 Å². The molecule has 1 heterocycles. The molecule has 0 spiro atoms. The fourth-order valence-corrected chi connectivity index (χ4v) is 2.20. The van der Waals surface area contributed by atoms with Crippen molar-refractivity contribution in [3.8, 4) is 0 Å². The topological polar surface area (TPSA) is 75.4 Å². The number of hydrogen-bond acceptors (Lipinski definition) is 3. The van der Waals surface area contributed by atoms with Crippen LogP contribution in [-0.4, -0.2) is 42.9 Å². The molecule has 2 amide bonds. The van der Waals surface area contributed by atoms with E-state index in [2.05, 4.69) is 5.32 Å². The molecular formula is C12H23N3O2. The SMILES string of the molecule is CCNCCC(=O)N1CCC(CC(N)=O)CC1. The molecule has 17 heavy (non-hydrogen) atoms. The molecule has 5 nitrogen and oxygen atoms in total. The highest BCUT2D eigenvalue weighted by Crippen LogP contribution is 2.20. The number of piperidine rings is 1. The lowest BCUT2D eigenvalue weighted by Crippen LogP contribution is -2.40. The third-order valence-electron chi connectivity index (χ3n) is 3.22. The maximum absolute atomic E-state index is 11.8. The summed E-state index contributed by atoms with van der Waals surface area (Å²) in [6.45, 7) is 5.20. The molecule has 0 aromatic carbocycles. The van der Waals surface area contributed by atoms with E-state index in [0.717, 1.165) is 39.0 Å². The van der Waals surface area contributed by atoms with Crippen LogP contribution in [0.4, 0.5) is 0 Å². The Morgan fingerprint density at radius 3 is 2.53 bits per heavy atom. The Morgan fingerprint density at radius 2 is 2.00 bits per heavy atom. The molecule has 0 saturated carbocycles. The molecule has 1 saturated heterocycles. The minimum absolute atomic E-state index is 0.212. The summed E-state index contributed by atoms with van der Waals surface area (Å²) < 4.78 is 0. The normalized spacial score (nSPS) is 17.1. The smallest absolute Gasteiger partial charge is 0.223 e. The van der Waals surface area contributed by atoms with Gasteiger partial charge in [0.25, 0.3) is 0 Å². The first-order valence-electron chi connectivity index (χ1n) is 6.40. The average molecular weight is 241 g/mol. The molecule has 0 radical (unpaired) electrons. The number of carbonyl (C=O) groups is 2. The van der Waals surface area contributed by atoms with Gasteiger partial charge in [0.05, 0.1) is 0 Å². The maximum atomic E-state index is 11.8. The Hall–Kier alpha value is -1.10. The molecule has 0 aliphatic carbocycles. The van der Waals surface area contributed by atoms with E-state index in [1.54, 1.807) is 0 Å². The van der Waals surface area contributed by atoms with E-state index in [-0.39, 0.29) is 11.8 Å². The highest BCUT2D eigenvalue weighted by molar-refractivity contribution is 5.76. The van der Waals surface area contributed by atoms with Gasteiger partial charge in [-0.25, -0.2) is 0 Å². The van der Waals surface area contributed by atoms with Gasteiger partial charge in [-0.05, 0) is 25.3 Å². The second-order valence-electron chi connectivity index (χ2n) is 4.60. The zero-order chi connectivity index (χ0) is 12.7. The monoisotopic (exact) mass is 241 g/mol. The summed E-state index contributed by atoms with van der Waals surface area (Å²) in [7, 11) is 0. The van der Waals surface area contributed by atoms with E-state index in [9.17, 15) is 9.59 Å². The van der Waals surface area contributed by atoms with Crippen molar-refractivity contribution < 1.29 is 9.59 Å². The van der Waals surface area contributed by atoms with Gasteiger partial charge in [-0.2, -0.15) is 0 Å². The zero-order valence-electron chi connectivity index (χ0n) is 10.6. The molecule has 0 unspecified atom stereocenters. The van der Waals surface area contributed by atoms with Crippen LogP contribution in [0.2, 0.25) is 0 Å². The number of carbonyl (C=O) groups excluding carboxylic acids is 2. The van der Waals surface area contributed by atoms with Gasteiger partial charge in [0.1, 0.15) is 0 Å². The fourth-order valence-electron chi connectivity index (χ4n) is 2.20. The van der Waals surface area contributed by atoms with E-state index >= 15 is 0 Å². The van der Waals surface area contributed by atoms with Gasteiger partial charge in [0.15, 0.2) is 0 Å². The van der Waals surface area contributed by atoms with Crippen molar-refractivity contribution >= 4 is 11.8 Å². The van der Waals surface area contributed by atoms with Crippen LogP contribution in [-0.2, 0) is 9.59 Å². The number of nitrogens with one attached hydrogen (secondary N) is 1. The molecular weight excluding hydrogens is 218 g/mol. The number of nitrogens with zero attached hydrogens (tertiary/aromatic N) is 1. The molecule has 1 aliphatic heterocycles. The van der Waals surface area contributed by atoms with E-state index in [1.165, 1.54) is 0 Å². The van der Waals surface area contributed by atoms with E-state index in [1.807, 2.05) is 11.8 Å². The van der Waals surface area contributed by atoms with Gasteiger partial charge in [0.2, 0.25) is 11.8 Å². The summed E-state index contributed by atoms with van der Waals surface area (Å²) in [5.41, 5.74) is 5.17. The summed E-state index contributed by atoms with van der Waals surface area (Å²) >= 11 is 0. The molecule has 98 valence electrons. The Balaban J connectivity index is 2.21. The van der Waals surface area contributed by atoms with Crippen LogP contribution < -0.4 is 11.1 Å². The number of amides is 2. The van der Waals surface area contributed by atoms with Gasteiger partial charge >= 0.3 is 0 Å². The molecule has 0 atom stereocenters. The minimum Gasteiger partial charge on any atom is -0.370 e. The Labute approximate surface area is 103 Å². The van der Waals surface area contributed by atoms with Gasteiger partial charge < -0.3 is 16.0 Å². The lowest BCUT2D eigenvalue weighted by atomic mass is 9.93. The zero-order valence-corrected chi connectivity index (χ0v) is 10.6. The number of hydrogen-bond donors (Lipinski definition) is 2. The molecule has 1 fully saturated rings. The maximum Gasteiger partial charge on any atom is 0.223 e. The Morgan fingerprint density at radius 1 is 1.35 bits per heavy atom. The van der Waals surface area contributed by atoms with Crippen LogP contribution in [0.5, 0.6) is 0 Å². The lowest BCUT2D eigenvalue weighted by Gasteiger charge is -2.31. The first kappa shape index (κ1) is 14.0. The fraction of sp³-hybridized carbons (Fsp3) is 0.833. The van der Waals surface area contributed by atoms with Gasteiger partial charge in [0, 0.05) is 32.5 Å². The number of likely N-dealkylation sites (tertiary alicyclic amines) is 1. The molecule has 0 aromatic heterocycles. The summed E-state index contributed by atoms with van der Waals surface area (Å²) in [5, 5.41) is 3.14. The molecule has 3 N–H and O–H groups in total. The van der Waals surface area contributed by atoms with Crippen LogP contribution >= 0.6 is 0 Å². The minimum atomic E-state index is -0.234. The van der Waals surface area contributed by atoms with Gasteiger partial charge in [-0.15, -0.1) is 0 Å². The molecule has 5 heteroatoms. The number of nitrogens with two attached hydrogens (primary N) is 1. The quantitative estimate of drug-likeness (QED) is 0.648. The predicted molar refractivity (Wildman–Crippen MR) is 66.3 cm³/mol. The van der Waals surface area contributed by atoms with Crippen LogP contribution in [0.1, 0.15) is 32.6 Å². The Bertz CT molecular complexity index is 260. The standard InChI is InChI=1S/C12H23N3O2/c1-2-14-6-3-12(17)15-7-4-10(5-8-15)9-11(13)16/h10,14H,2-9H2,1H3,(H2,13,16). The third kappa shape index (κ3) is 5.17. The third-order valence-corrected chi connectivity index (χ3v) is 3.22. The van der Waals surface area contributed by atoms with E-state index in [4.69, 9.17) is 5.73 Å². The summed E-state index contributed by atoms with van der Waals surface area (Å²) in [4.78, 5) is 24.5. The first-order chi connectivity index (χ1) is 8.13. The highest BCUT2D eigenvalue weighted by atomic mass is 16.2. The highest BCUT2D eigenvalue weighted by Gasteiger charge is 2.23. The van der Waals surface area contributed by atoms with Crippen molar-refractivity contribution in [2.24, 2.45) is 11.7 Å². The van der Waals surface area contributed by atoms with Crippen LogP contribution in [0, 0.1) is 5.92 Å². The van der Waals surface area contributed by atoms with Crippen LogP contribution in [0.25, 0.3) is 0 Å². The van der Waals surface area contributed by atoms with Crippen molar-refractivity contribution in [3.05, 3.63) is 0 Å². The molecule has 1 aliphatic rings. The summed E-state index contributed by atoms with van der Waals surface area (Å²) in [6.07, 6.45) is 2.82. The molecule has 0 aromatic rings. The van der Waals surface area contributed by atoms with Crippen molar-refractivity contribution in [1.29, 1.82) is 0 Å². The van der Waals surface area contributed by atoms with Crippen molar-refractivity contribution in [1.82, 2.24) is 10.2 Å². The number of primary amides is 1. The van der Waals surface area contributed by atoms with Crippen molar-refractivity contribution in [3.63, 3.8) is 0 Å². The second-order valence-corrected chi connectivity index (χ2v) is 4.60. The van der Waals surface area contributed by atoms with E-state index < -0.39 is 0 Å². The van der Waals surface area contributed by atoms with Crippen molar-refractivity contribution in [2.45, 2.75) is 32.6 Å². The van der Waals surface area contributed by atoms with Crippen LogP contribution in [0.3, 0.4) is 0 Å². The average Bonchev–Trinajstić information content (AvgIpc) is 2.29. The van der Waals surface area contributed by atoms with E-state index in [0.29, 0.717) is 18.8 Å². The largest absolute Gasteiger partial charge is 0.370 e.